The number of para-hydroxylation sites is 1. The van der Waals surface area contributed by atoms with Gasteiger partial charge in [-0.2, -0.15) is 0 Å². The summed E-state index contributed by atoms with van der Waals surface area (Å²) in [5, 5.41) is 2.24. The summed E-state index contributed by atoms with van der Waals surface area (Å²) in [5.41, 5.74) is 1.91. The van der Waals surface area contributed by atoms with E-state index in [2.05, 4.69) is 5.32 Å². The molecule has 2 aliphatic heterocycles. The van der Waals surface area contributed by atoms with Crippen molar-refractivity contribution in [1.82, 2.24) is 10.2 Å². The monoisotopic (exact) mass is 479 g/mol. The molecule has 2 aromatic carbocycles. The van der Waals surface area contributed by atoms with Gasteiger partial charge in [0.15, 0.2) is 11.5 Å². The fourth-order valence-corrected chi connectivity index (χ4v) is 3.93. The summed E-state index contributed by atoms with van der Waals surface area (Å²) in [6.45, 7) is 3.60. The lowest BCUT2D eigenvalue weighted by Crippen LogP contribution is -2.54. The van der Waals surface area contributed by atoms with Crippen molar-refractivity contribution >= 4 is 35.5 Å². The molecular formula is C25H25N3O7. The van der Waals surface area contributed by atoms with E-state index in [1.807, 2.05) is 0 Å². The topological polar surface area (TPSA) is 114 Å². The highest BCUT2D eigenvalue weighted by molar-refractivity contribution is 6.39. The van der Waals surface area contributed by atoms with Crippen molar-refractivity contribution in [2.24, 2.45) is 0 Å². The third kappa shape index (κ3) is 4.42. The Labute approximate surface area is 202 Å². The number of hydrogen-bond acceptors (Lipinski definition) is 7. The number of urea groups is 1. The van der Waals surface area contributed by atoms with Crippen molar-refractivity contribution in [2.45, 2.75) is 20.3 Å². The van der Waals surface area contributed by atoms with Crippen molar-refractivity contribution in [3.8, 4) is 17.2 Å². The molecule has 0 saturated carbocycles. The zero-order chi connectivity index (χ0) is 25.3. The molecule has 0 atom stereocenters. The van der Waals surface area contributed by atoms with Gasteiger partial charge < -0.3 is 19.1 Å². The van der Waals surface area contributed by atoms with Crippen LogP contribution >= 0.6 is 0 Å². The molecule has 1 fully saturated rings. The van der Waals surface area contributed by atoms with Crippen LogP contribution in [0.2, 0.25) is 0 Å². The average Bonchev–Trinajstić information content (AvgIpc) is 3.29. The normalized spacial score (nSPS) is 15.9. The summed E-state index contributed by atoms with van der Waals surface area (Å²) >= 11 is 0. The summed E-state index contributed by atoms with van der Waals surface area (Å²) in [7, 11) is 3.12. The fourth-order valence-electron chi connectivity index (χ4n) is 3.93. The number of ether oxygens (including phenoxy) is 3. The molecule has 0 spiro atoms. The van der Waals surface area contributed by atoms with E-state index in [0.717, 1.165) is 4.90 Å². The van der Waals surface area contributed by atoms with E-state index >= 15 is 0 Å². The molecule has 0 unspecified atom stereocenters. The van der Waals surface area contributed by atoms with E-state index in [1.165, 1.54) is 20.1 Å². The standard InChI is InChI=1S/C25H25N3O7/c1-14-7-5-6-8-19(14)28-24(31)18(23(30)26-25(28)32)12-17-16(9-10-27(3)15(2)29)11-20-22(21(17)33-4)35-13-34-20/h5-8,11-12H,9-10,13H2,1-4H3,(H,26,30,32). The van der Waals surface area contributed by atoms with E-state index in [9.17, 15) is 19.2 Å². The van der Waals surface area contributed by atoms with E-state index in [4.69, 9.17) is 14.2 Å². The van der Waals surface area contributed by atoms with Crippen LogP contribution in [-0.2, 0) is 20.8 Å². The second-order valence-electron chi connectivity index (χ2n) is 8.15. The van der Waals surface area contributed by atoms with Crippen LogP contribution in [0.15, 0.2) is 35.9 Å². The van der Waals surface area contributed by atoms with E-state index < -0.39 is 17.8 Å². The Kier molecular flexibility index (Phi) is 6.46. The highest BCUT2D eigenvalue weighted by atomic mass is 16.7. The van der Waals surface area contributed by atoms with Crippen LogP contribution in [0.1, 0.15) is 23.6 Å². The number of aryl methyl sites for hydroxylation is 1. The lowest BCUT2D eigenvalue weighted by Gasteiger charge is -2.27. The van der Waals surface area contributed by atoms with Gasteiger partial charge in [-0.15, -0.1) is 0 Å². The maximum Gasteiger partial charge on any atom is 0.335 e. The van der Waals surface area contributed by atoms with Gasteiger partial charge >= 0.3 is 6.03 Å². The highest BCUT2D eigenvalue weighted by Gasteiger charge is 2.38. The van der Waals surface area contributed by atoms with Crippen LogP contribution in [0.4, 0.5) is 10.5 Å². The number of fused-ring (bicyclic) bond motifs is 1. The van der Waals surface area contributed by atoms with Crippen LogP contribution in [0.3, 0.4) is 0 Å². The molecule has 4 rings (SSSR count). The number of nitrogens with one attached hydrogen (secondary N) is 1. The molecule has 1 saturated heterocycles. The minimum atomic E-state index is -0.826. The third-order valence-electron chi connectivity index (χ3n) is 5.95. The number of imide groups is 2. The van der Waals surface area contributed by atoms with Crippen molar-refractivity contribution in [3.05, 3.63) is 52.6 Å². The molecule has 0 aliphatic carbocycles. The van der Waals surface area contributed by atoms with Crippen LogP contribution in [0.5, 0.6) is 17.2 Å². The van der Waals surface area contributed by atoms with Gasteiger partial charge in [0.2, 0.25) is 18.4 Å². The van der Waals surface area contributed by atoms with Crippen LogP contribution in [-0.4, -0.2) is 56.1 Å². The highest BCUT2D eigenvalue weighted by Crippen LogP contribution is 2.46. The summed E-state index contributed by atoms with van der Waals surface area (Å²) in [6.07, 6.45) is 1.78. The van der Waals surface area contributed by atoms with Gasteiger partial charge in [-0.1, -0.05) is 18.2 Å². The second-order valence-corrected chi connectivity index (χ2v) is 8.15. The van der Waals surface area contributed by atoms with E-state index in [0.29, 0.717) is 46.8 Å². The predicted octanol–water partition coefficient (Wildman–Crippen LogP) is 2.42. The number of barbiturate groups is 1. The number of carbonyl (C=O) groups is 4. The number of rotatable bonds is 6. The first-order chi connectivity index (χ1) is 16.7. The molecule has 0 radical (unpaired) electrons. The third-order valence-corrected chi connectivity index (χ3v) is 5.95. The Morgan fingerprint density at radius 3 is 2.66 bits per heavy atom. The molecule has 10 nitrogen and oxygen atoms in total. The van der Waals surface area contributed by atoms with Crippen molar-refractivity contribution in [3.63, 3.8) is 0 Å². The number of likely N-dealkylation sites (N-methyl/N-ethyl adjacent to an activating group) is 1. The lowest BCUT2D eigenvalue weighted by atomic mass is 9.97. The molecule has 1 N–H and O–H groups in total. The van der Waals surface area contributed by atoms with Crippen LogP contribution in [0, 0.1) is 6.92 Å². The number of amides is 5. The maximum absolute atomic E-state index is 13.4. The molecule has 35 heavy (non-hydrogen) atoms. The van der Waals surface area contributed by atoms with Gasteiger partial charge in [0.05, 0.1) is 12.8 Å². The van der Waals surface area contributed by atoms with Crippen molar-refractivity contribution in [1.29, 1.82) is 0 Å². The number of nitrogens with zero attached hydrogens (tertiary/aromatic N) is 2. The molecule has 2 heterocycles. The Bertz CT molecular complexity index is 1270. The summed E-state index contributed by atoms with van der Waals surface area (Å²) in [4.78, 5) is 53.0. The molecule has 0 aromatic heterocycles. The molecule has 0 bridgehead atoms. The minimum Gasteiger partial charge on any atom is -0.492 e. The molecule has 10 heteroatoms. The van der Waals surface area contributed by atoms with E-state index in [-0.39, 0.29) is 24.0 Å². The summed E-state index contributed by atoms with van der Waals surface area (Å²) in [5.74, 6) is -0.602. The Balaban J connectivity index is 1.82. The SMILES string of the molecule is COc1c(C=C2C(=O)NC(=O)N(c3ccccc3C)C2=O)c(CCN(C)C(C)=O)cc2c1OCO2. The first-order valence-electron chi connectivity index (χ1n) is 10.9. The van der Waals surface area contributed by atoms with Crippen molar-refractivity contribution in [2.75, 3.05) is 32.4 Å². The van der Waals surface area contributed by atoms with Gasteiger partial charge in [0.1, 0.15) is 5.57 Å². The number of benzene rings is 2. The predicted molar refractivity (Wildman–Crippen MR) is 126 cm³/mol. The first-order valence-corrected chi connectivity index (χ1v) is 10.9. The quantitative estimate of drug-likeness (QED) is 0.500. The lowest BCUT2D eigenvalue weighted by molar-refractivity contribution is -0.127. The van der Waals surface area contributed by atoms with Crippen LogP contribution in [0.25, 0.3) is 6.08 Å². The Morgan fingerprint density at radius 2 is 1.97 bits per heavy atom. The van der Waals surface area contributed by atoms with Gasteiger partial charge in [-0.05, 0) is 42.7 Å². The fraction of sp³-hybridized carbons (Fsp3) is 0.280. The summed E-state index contributed by atoms with van der Waals surface area (Å²) < 4.78 is 16.7. The maximum atomic E-state index is 13.4. The molecule has 182 valence electrons. The molecule has 5 amide bonds. The smallest absolute Gasteiger partial charge is 0.335 e. The average molecular weight is 479 g/mol. The molecule has 2 aliphatic rings. The van der Waals surface area contributed by atoms with Gasteiger partial charge in [0.25, 0.3) is 11.8 Å². The number of hydrogen-bond donors (Lipinski definition) is 1. The van der Waals surface area contributed by atoms with Gasteiger partial charge in [-0.3, -0.25) is 19.7 Å². The minimum absolute atomic E-state index is 0.00646. The first kappa shape index (κ1) is 23.8. The Morgan fingerprint density at radius 1 is 1.23 bits per heavy atom. The number of methoxy groups -OCH3 is 1. The van der Waals surface area contributed by atoms with Crippen LogP contribution < -0.4 is 24.4 Å². The van der Waals surface area contributed by atoms with E-state index in [1.54, 1.807) is 49.2 Å². The largest absolute Gasteiger partial charge is 0.492 e. The number of carbonyl (C=O) groups excluding carboxylic acids is 4. The zero-order valence-corrected chi connectivity index (χ0v) is 19.8. The van der Waals surface area contributed by atoms with Gasteiger partial charge in [0, 0.05) is 26.1 Å². The molecular weight excluding hydrogens is 454 g/mol. The second kappa shape index (κ2) is 9.49. The number of anilines is 1. The molecule has 2 aromatic rings. The zero-order valence-electron chi connectivity index (χ0n) is 19.8. The Hall–Kier alpha value is -4.34. The summed E-state index contributed by atoms with van der Waals surface area (Å²) in [6, 6.07) is 7.79. The van der Waals surface area contributed by atoms with Crippen molar-refractivity contribution < 1.29 is 33.4 Å². The van der Waals surface area contributed by atoms with Gasteiger partial charge in [-0.25, -0.2) is 9.69 Å².